The first-order valence-electron chi connectivity index (χ1n) is 4.10. The lowest BCUT2D eigenvalue weighted by Gasteiger charge is -2.07. The highest BCUT2D eigenvalue weighted by atomic mass is 16.3. The predicted octanol–water partition coefficient (Wildman–Crippen LogP) is 1.60. The number of rotatable bonds is 1. The second-order valence-corrected chi connectivity index (χ2v) is 2.79. The molecule has 13 heavy (non-hydrogen) atoms. The van der Waals surface area contributed by atoms with Gasteiger partial charge in [0.15, 0.2) is 0 Å². The average molecular weight is 174 g/mol. The SMILES string of the molecule is OCc1cccc2c1C=CC=NN2. The van der Waals surface area contributed by atoms with E-state index < -0.39 is 0 Å². The third kappa shape index (κ3) is 1.46. The summed E-state index contributed by atoms with van der Waals surface area (Å²) in [5.74, 6) is 0. The second-order valence-electron chi connectivity index (χ2n) is 2.79. The van der Waals surface area contributed by atoms with Gasteiger partial charge in [-0.25, -0.2) is 0 Å². The molecule has 2 N–H and O–H groups in total. The fourth-order valence-corrected chi connectivity index (χ4v) is 1.33. The molecule has 0 atom stereocenters. The van der Waals surface area contributed by atoms with Crippen molar-refractivity contribution in [2.75, 3.05) is 5.43 Å². The van der Waals surface area contributed by atoms with Crippen molar-refractivity contribution in [3.8, 4) is 0 Å². The van der Waals surface area contributed by atoms with Crippen LogP contribution in [0.1, 0.15) is 11.1 Å². The summed E-state index contributed by atoms with van der Waals surface area (Å²) in [6.07, 6.45) is 5.46. The molecule has 1 aromatic rings. The van der Waals surface area contributed by atoms with Gasteiger partial charge in [0.1, 0.15) is 0 Å². The summed E-state index contributed by atoms with van der Waals surface area (Å²) in [5, 5.41) is 13.0. The highest BCUT2D eigenvalue weighted by Crippen LogP contribution is 2.22. The molecule has 0 aromatic heterocycles. The Bertz CT molecular complexity index is 369. The molecule has 0 radical (unpaired) electrons. The summed E-state index contributed by atoms with van der Waals surface area (Å²) in [7, 11) is 0. The monoisotopic (exact) mass is 174 g/mol. The molecule has 2 rings (SSSR count). The zero-order valence-corrected chi connectivity index (χ0v) is 7.07. The summed E-state index contributed by atoms with van der Waals surface area (Å²) in [5.41, 5.74) is 5.73. The molecule has 0 aliphatic carbocycles. The zero-order valence-electron chi connectivity index (χ0n) is 7.07. The first-order valence-corrected chi connectivity index (χ1v) is 4.10. The van der Waals surface area contributed by atoms with E-state index in [1.165, 1.54) is 0 Å². The molecule has 0 unspecified atom stereocenters. The van der Waals surface area contributed by atoms with Crippen LogP contribution in [0.2, 0.25) is 0 Å². The van der Waals surface area contributed by atoms with Crippen molar-refractivity contribution in [2.45, 2.75) is 6.61 Å². The molecule has 0 spiro atoms. The van der Waals surface area contributed by atoms with E-state index in [1.54, 1.807) is 6.21 Å². The molecule has 0 saturated carbocycles. The van der Waals surface area contributed by atoms with E-state index in [9.17, 15) is 0 Å². The first-order chi connectivity index (χ1) is 6.42. The van der Waals surface area contributed by atoms with E-state index in [0.29, 0.717) is 0 Å². The van der Waals surface area contributed by atoms with Gasteiger partial charge in [-0.1, -0.05) is 18.2 Å². The zero-order chi connectivity index (χ0) is 9.10. The van der Waals surface area contributed by atoms with Crippen LogP contribution in [0.5, 0.6) is 0 Å². The largest absolute Gasteiger partial charge is 0.392 e. The molecule has 66 valence electrons. The van der Waals surface area contributed by atoms with Gasteiger partial charge in [0.25, 0.3) is 0 Å². The van der Waals surface area contributed by atoms with Gasteiger partial charge in [-0.2, -0.15) is 5.10 Å². The fraction of sp³-hybridized carbons (Fsp3) is 0.100. The number of hydrazone groups is 1. The lowest BCUT2D eigenvalue weighted by molar-refractivity contribution is 0.281. The molecule has 0 saturated heterocycles. The van der Waals surface area contributed by atoms with Crippen molar-refractivity contribution in [2.24, 2.45) is 5.10 Å². The van der Waals surface area contributed by atoms with Crippen molar-refractivity contribution in [3.63, 3.8) is 0 Å². The minimum absolute atomic E-state index is 0.0508. The van der Waals surface area contributed by atoms with E-state index >= 15 is 0 Å². The molecule has 3 nitrogen and oxygen atoms in total. The highest BCUT2D eigenvalue weighted by Gasteiger charge is 2.04. The molecule has 3 heteroatoms. The molecular formula is C10H10N2O. The Morgan fingerprint density at radius 2 is 2.31 bits per heavy atom. The molecule has 1 aliphatic rings. The van der Waals surface area contributed by atoms with Crippen LogP contribution in [0.3, 0.4) is 0 Å². The normalized spacial score (nSPS) is 13.3. The summed E-state index contributed by atoms with van der Waals surface area (Å²) in [6.45, 7) is 0.0508. The number of anilines is 1. The summed E-state index contributed by atoms with van der Waals surface area (Å²) in [4.78, 5) is 0. The Labute approximate surface area is 76.4 Å². The van der Waals surface area contributed by atoms with Crippen LogP contribution in [0.25, 0.3) is 6.08 Å². The number of aliphatic hydroxyl groups excluding tert-OH is 1. The molecule has 1 heterocycles. The van der Waals surface area contributed by atoms with E-state index in [-0.39, 0.29) is 6.61 Å². The third-order valence-corrected chi connectivity index (χ3v) is 1.98. The van der Waals surface area contributed by atoms with Gasteiger partial charge in [-0.05, 0) is 17.7 Å². The Balaban J connectivity index is 2.55. The van der Waals surface area contributed by atoms with Crippen LogP contribution < -0.4 is 5.43 Å². The van der Waals surface area contributed by atoms with Crippen LogP contribution in [-0.4, -0.2) is 11.3 Å². The fourth-order valence-electron chi connectivity index (χ4n) is 1.33. The Hall–Kier alpha value is -1.61. The topological polar surface area (TPSA) is 44.6 Å². The van der Waals surface area contributed by atoms with Crippen LogP contribution in [0.4, 0.5) is 5.69 Å². The molecule has 1 aromatic carbocycles. The summed E-state index contributed by atoms with van der Waals surface area (Å²) < 4.78 is 0. The molecule has 0 fully saturated rings. The van der Waals surface area contributed by atoms with Crippen LogP contribution in [-0.2, 0) is 6.61 Å². The van der Waals surface area contributed by atoms with Crippen molar-refractivity contribution in [1.82, 2.24) is 0 Å². The van der Waals surface area contributed by atoms with E-state index in [1.807, 2.05) is 30.4 Å². The maximum atomic E-state index is 9.08. The van der Waals surface area contributed by atoms with Gasteiger partial charge in [-0.15, -0.1) is 0 Å². The van der Waals surface area contributed by atoms with Gasteiger partial charge < -0.3 is 5.11 Å². The Kier molecular flexibility index (Phi) is 2.10. The Morgan fingerprint density at radius 3 is 3.15 bits per heavy atom. The van der Waals surface area contributed by atoms with E-state index in [0.717, 1.165) is 16.8 Å². The van der Waals surface area contributed by atoms with Gasteiger partial charge >= 0.3 is 0 Å². The molecule has 1 aliphatic heterocycles. The average Bonchev–Trinajstić information content (AvgIpc) is 2.41. The maximum Gasteiger partial charge on any atom is 0.0688 e. The number of nitrogens with one attached hydrogen (secondary N) is 1. The van der Waals surface area contributed by atoms with Gasteiger partial charge in [0.05, 0.1) is 12.3 Å². The standard InChI is InChI=1S/C10H10N2O/c13-7-8-3-1-5-10-9(8)4-2-6-11-12-10/h1-6,12-13H,7H2. The first kappa shape index (κ1) is 8.01. The molecule has 0 bridgehead atoms. The lowest BCUT2D eigenvalue weighted by Crippen LogP contribution is -1.94. The maximum absolute atomic E-state index is 9.08. The second kappa shape index (κ2) is 3.41. The number of hydrogen-bond donors (Lipinski definition) is 2. The summed E-state index contributed by atoms with van der Waals surface area (Å²) in [6, 6.07) is 5.73. The van der Waals surface area contributed by atoms with Gasteiger partial charge in [0.2, 0.25) is 0 Å². The van der Waals surface area contributed by atoms with Crippen LogP contribution >= 0.6 is 0 Å². The van der Waals surface area contributed by atoms with Gasteiger partial charge in [0, 0.05) is 11.8 Å². The van der Waals surface area contributed by atoms with Crippen LogP contribution in [0, 0.1) is 0 Å². The number of allylic oxidation sites excluding steroid dienone is 1. The predicted molar refractivity (Wildman–Crippen MR) is 53.5 cm³/mol. The third-order valence-electron chi connectivity index (χ3n) is 1.98. The van der Waals surface area contributed by atoms with Crippen molar-refractivity contribution in [1.29, 1.82) is 0 Å². The smallest absolute Gasteiger partial charge is 0.0688 e. The molecule has 0 amide bonds. The van der Waals surface area contributed by atoms with Crippen molar-refractivity contribution >= 4 is 18.0 Å². The van der Waals surface area contributed by atoms with E-state index in [4.69, 9.17) is 5.11 Å². The highest BCUT2D eigenvalue weighted by molar-refractivity contribution is 5.84. The number of hydrogen-bond acceptors (Lipinski definition) is 3. The quantitative estimate of drug-likeness (QED) is 0.679. The number of aliphatic hydroxyl groups is 1. The van der Waals surface area contributed by atoms with E-state index in [2.05, 4.69) is 10.5 Å². The molecular weight excluding hydrogens is 164 g/mol. The minimum atomic E-state index is 0.0508. The van der Waals surface area contributed by atoms with Crippen molar-refractivity contribution in [3.05, 3.63) is 35.4 Å². The number of nitrogens with zero attached hydrogens (tertiary/aromatic N) is 1. The minimum Gasteiger partial charge on any atom is -0.392 e. The van der Waals surface area contributed by atoms with Crippen LogP contribution in [0.15, 0.2) is 29.4 Å². The summed E-state index contributed by atoms with van der Waals surface area (Å²) >= 11 is 0. The number of benzene rings is 1. The van der Waals surface area contributed by atoms with Crippen molar-refractivity contribution < 1.29 is 5.11 Å². The number of fused-ring (bicyclic) bond motifs is 1. The van der Waals surface area contributed by atoms with Gasteiger partial charge in [-0.3, -0.25) is 5.43 Å². The lowest BCUT2D eigenvalue weighted by atomic mass is 10.1. The Morgan fingerprint density at radius 1 is 1.38 bits per heavy atom.